The highest BCUT2D eigenvalue weighted by atomic mass is 16.5. The number of esters is 1. The first-order valence-corrected chi connectivity index (χ1v) is 7.14. The molecule has 0 unspecified atom stereocenters. The Morgan fingerprint density at radius 1 is 1.43 bits per heavy atom. The van der Waals surface area contributed by atoms with Crippen LogP contribution in [0.3, 0.4) is 0 Å². The molecule has 0 radical (unpaired) electrons. The summed E-state index contributed by atoms with van der Waals surface area (Å²) in [4.78, 5) is 28.8. The Labute approximate surface area is 132 Å². The molecule has 2 heterocycles. The van der Waals surface area contributed by atoms with Crippen LogP contribution in [0.5, 0.6) is 0 Å². The topological polar surface area (TPSA) is 102 Å². The largest absolute Gasteiger partial charge is 0.465 e. The van der Waals surface area contributed by atoms with Crippen LogP contribution in [0.4, 0.5) is 10.5 Å². The van der Waals surface area contributed by atoms with E-state index in [1.165, 1.54) is 13.3 Å². The van der Waals surface area contributed by atoms with Gasteiger partial charge >= 0.3 is 12.1 Å². The number of carbonyl (C=O) groups excluding carboxylic acids is 1. The van der Waals surface area contributed by atoms with E-state index in [1.54, 1.807) is 19.1 Å². The minimum absolute atomic E-state index is 0.148. The van der Waals surface area contributed by atoms with Gasteiger partial charge in [-0.25, -0.2) is 14.6 Å². The minimum atomic E-state index is -1.20. The standard InChI is InChI=1S/C15H18N2O6/c1-3-22-14(18)12-11(10-6-4-7-16-13(10)23-12)17(15(19)20)8-5-9-21-2/h4,6-7H,3,5,8-9H2,1-2H3,(H,19,20). The number of amides is 1. The van der Waals surface area contributed by atoms with Gasteiger partial charge in [-0.05, 0) is 25.5 Å². The number of hydrogen-bond donors (Lipinski definition) is 1. The molecule has 0 aliphatic rings. The number of pyridine rings is 1. The average Bonchev–Trinajstić information content (AvgIpc) is 2.91. The van der Waals surface area contributed by atoms with Gasteiger partial charge < -0.3 is 19.0 Å². The first kappa shape index (κ1) is 16.8. The molecule has 0 spiro atoms. The molecule has 0 saturated carbocycles. The van der Waals surface area contributed by atoms with Gasteiger partial charge in [-0.3, -0.25) is 4.90 Å². The maximum Gasteiger partial charge on any atom is 0.411 e. The molecule has 8 nitrogen and oxygen atoms in total. The molecule has 2 aromatic rings. The van der Waals surface area contributed by atoms with Crippen LogP contribution >= 0.6 is 0 Å². The van der Waals surface area contributed by atoms with Crippen molar-refractivity contribution in [3.63, 3.8) is 0 Å². The zero-order valence-electron chi connectivity index (χ0n) is 12.9. The number of methoxy groups -OCH3 is 1. The number of nitrogens with zero attached hydrogens (tertiary/aromatic N) is 2. The summed E-state index contributed by atoms with van der Waals surface area (Å²) < 4.78 is 15.3. The van der Waals surface area contributed by atoms with E-state index >= 15 is 0 Å². The van der Waals surface area contributed by atoms with Gasteiger partial charge in [-0.1, -0.05) is 0 Å². The first-order chi connectivity index (χ1) is 11.1. The predicted molar refractivity (Wildman–Crippen MR) is 81.8 cm³/mol. The van der Waals surface area contributed by atoms with Crippen molar-refractivity contribution in [3.8, 4) is 0 Å². The molecule has 23 heavy (non-hydrogen) atoms. The van der Waals surface area contributed by atoms with Gasteiger partial charge in [0.25, 0.3) is 0 Å². The molecular formula is C15H18N2O6. The van der Waals surface area contributed by atoms with Crippen LogP contribution in [0.2, 0.25) is 0 Å². The third-order valence-electron chi connectivity index (χ3n) is 3.13. The van der Waals surface area contributed by atoms with E-state index in [-0.39, 0.29) is 30.3 Å². The summed E-state index contributed by atoms with van der Waals surface area (Å²) in [6.07, 6.45) is 0.775. The average molecular weight is 322 g/mol. The highest BCUT2D eigenvalue weighted by Crippen LogP contribution is 2.33. The summed E-state index contributed by atoms with van der Waals surface area (Å²) >= 11 is 0. The van der Waals surface area contributed by atoms with E-state index < -0.39 is 12.1 Å². The number of aromatic nitrogens is 1. The van der Waals surface area contributed by atoms with Gasteiger partial charge in [0, 0.05) is 26.5 Å². The molecule has 0 aromatic carbocycles. The molecule has 1 N–H and O–H groups in total. The lowest BCUT2D eigenvalue weighted by molar-refractivity contribution is 0.0493. The molecule has 124 valence electrons. The molecule has 1 amide bonds. The van der Waals surface area contributed by atoms with Crippen molar-refractivity contribution < 1.29 is 28.6 Å². The van der Waals surface area contributed by atoms with Crippen LogP contribution in [-0.2, 0) is 9.47 Å². The van der Waals surface area contributed by atoms with Gasteiger partial charge in [0.1, 0.15) is 5.69 Å². The van der Waals surface area contributed by atoms with Crippen molar-refractivity contribution in [2.45, 2.75) is 13.3 Å². The molecular weight excluding hydrogens is 304 g/mol. The van der Waals surface area contributed by atoms with Crippen LogP contribution in [0.15, 0.2) is 22.7 Å². The molecule has 0 saturated heterocycles. The molecule has 2 rings (SSSR count). The third kappa shape index (κ3) is 3.59. The van der Waals surface area contributed by atoms with Gasteiger partial charge in [-0.2, -0.15) is 0 Å². The van der Waals surface area contributed by atoms with Gasteiger partial charge in [0.15, 0.2) is 0 Å². The normalized spacial score (nSPS) is 10.7. The summed E-state index contributed by atoms with van der Waals surface area (Å²) in [5, 5.41) is 9.95. The number of fused-ring (bicyclic) bond motifs is 1. The lowest BCUT2D eigenvalue weighted by Crippen LogP contribution is -2.32. The highest BCUT2D eigenvalue weighted by molar-refractivity contribution is 6.08. The Hall–Kier alpha value is -2.61. The second-order valence-corrected chi connectivity index (χ2v) is 4.64. The maximum atomic E-state index is 12.1. The molecule has 2 aromatic heterocycles. The zero-order chi connectivity index (χ0) is 16.8. The Bertz CT molecular complexity index is 696. The SMILES string of the molecule is CCOC(=O)c1oc2ncccc2c1N(CCCOC)C(=O)O. The van der Waals surface area contributed by atoms with Crippen molar-refractivity contribution in [2.75, 3.05) is 31.8 Å². The second kappa shape index (κ2) is 7.59. The van der Waals surface area contributed by atoms with E-state index in [0.29, 0.717) is 18.4 Å². The number of carbonyl (C=O) groups is 2. The molecule has 0 aliphatic carbocycles. The minimum Gasteiger partial charge on any atom is -0.465 e. The monoisotopic (exact) mass is 322 g/mol. The van der Waals surface area contributed by atoms with Crippen LogP contribution in [0, 0.1) is 0 Å². The van der Waals surface area contributed by atoms with Crippen molar-refractivity contribution >= 4 is 28.8 Å². The van der Waals surface area contributed by atoms with Crippen LogP contribution in [-0.4, -0.2) is 49.0 Å². The fraction of sp³-hybridized carbons (Fsp3) is 0.400. The smallest absolute Gasteiger partial charge is 0.411 e. The molecule has 0 aliphatic heterocycles. The number of hydrogen-bond acceptors (Lipinski definition) is 6. The summed E-state index contributed by atoms with van der Waals surface area (Å²) in [5.41, 5.74) is 0.332. The molecule has 0 bridgehead atoms. The van der Waals surface area contributed by atoms with E-state index in [2.05, 4.69) is 4.98 Å². The lowest BCUT2D eigenvalue weighted by atomic mass is 10.2. The van der Waals surface area contributed by atoms with E-state index in [9.17, 15) is 14.7 Å². The second-order valence-electron chi connectivity index (χ2n) is 4.64. The van der Waals surface area contributed by atoms with Crippen LogP contribution < -0.4 is 4.90 Å². The number of rotatable bonds is 7. The maximum absolute atomic E-state index is 12.1. The molecule has 0 atom stereocenters. The fourth-order valence-corrected chi connectivity index (χ4v) is 2.19. The quantitative estimate of drug-likeness (QED) is 0.617. The van der Waals surface area contributed by atoms with Crippen LogP contribution in [0.25, 0.3) is 11.1 Å². The Kier molecular flexibility index (Phi) is 5.53. The first-order valence-electron chi connectivity index (χ1n) is 7.14. The fourth-order valence-electron chi connectivity index (χ4n) is 2.19. The number of carboxylic acid groups (broad SMARTS) is 1. The molecule has 0 fully saturated rings. The Balaban J connectivity index is 2.51. The van der Waals surface area contributed by atoms with Crippen molar-refractivity contribution in [1.29, 1.82) is 0 Å². The zero-order valence-corrected chi connectivity index (χ0v) is 12.9. The van der Waals surface area contributed by atoms with Crippen molar-refractivity contribution in [3.05, 3.63) is 24.1 Å². The number of ether oxygens (including phenoxy) is 2. The summed E-state index contributed by atoms with van der Waals surface area (Å²) in [7, 11) is 1.53. The molecule has 8 heteroatoms. The Morgan fingerprint density at radius 2 is 2.22 bits per heavy atom. The highest BCUT2D eigenvalue weighted by Gasteiger charge is 2.29. The van der Waals surface area contributed by atoms with E-state index in [0.717, 1.165) is 4.90 Å². The van der Waals surface area contributed by atoms with Gasteiger partial charge in [-0.15, -0.1) is 0 Å². The summed E-state index contributed by atoms with van der Waals surface area (Å²) in [6.45, 7) is 2.36. The summed E-state index contributed by atoms with van der Waals surface area (Å²) in [6, 6.07) is 3.29. The van der Waals surface area contributed by atoms with E-state index in [4.69, 9.17) is 13.9 Å². The lowest BCUT2D eigenvalue weighted by Gasteiger charge is -2.18. The van der Waals surface area contributed by atoms with Crippen LogP contribution in [0.1, 0.15) is 23.9 Å². The summed E-state index contributed by atoms with van der Waals surface area (Å²) in [5.74, 6) is -0.890. The number of anilines is 1. The van der Waals surface area contributed by atoms with Gasteiger partial charge in [0.2, 0.25) is 11.5 Å². The predicted octanol–water partition coefficient (Wildman–Crippen LogP) is 2.53. The van der Waals surface area contributed by atoms with Crippen molar-refractivity contribution in [1.82, 2.24) is 4.98 Å². The van der Waals surface area contributed by atoms with Crippen molar-refractivity contribution in [2.24, 2.45) is 0 Å². The van der Waals surface area contributed by atoms with E-state index in [1.807, 2.05) is 0 Å². The third-order valence-corrected chi connectivity index (χ3v) is 3.13. The Morgan fingerprint density at radius 3 is 2.87 bits per heavy atom. The number of furan rings is 1. The van der Waals surface area contributed by atoms with Gasteiger partial charge in [0.05, 0.1) is 12.0 Å².